The zero-order valence-corrected chi connectivity index (χ0v) is 21.2. The monoisotopic (exact) mass is 512 g/mol. The van der Waals surface area contributed by atoms with E-state index in [1.54, 1.807) is 12.4 Å². The molecular weight excluding hydrogens is 492 g/mol. The molecule has 4 aromatic heterocycles. The fourth-order valence-electron chi connectivity index (χ4n) is 5.24. The lowest BCUT2D eigenvalue weighted by molar-refractivity contribution is 1.27. The third-order valence-corrected chi connectivity index (χ3v) is 7.20. The van der Waals surface area contributed by atoms with Crippen LogP contribution >= 0.6 is 0 Å². The van der Waals surface area contributed by atoms with Crippen LogP contribution in [0.3, 0.4) is 0 Å². The molecule has 0 unspecified atom stereocenters. The van der Waals surface area contributed by atoms with Crippen LogP contribution in [0.2, 0.25) is 0 Å². The summed E-state index contributed by atoms with van der Waals surface area (Å²) in [4.78, 5) is 28.9. The molecule has 0 saturated heterocycles. The lowest BCUT2D eigenvalue weighted by atomic mass is 10.0. The molecule has 0 radical (unpaired) electrons. The standard InChI is InChI=1S/C34H20N6/c1-3-9-27-21(6-1)16-24(19-37-27)26-8-5-11-30-34(26)40-33(25-17-22-7-2-4-10-28(22)38-20-25)32(39-30)23-12-13-29-31(18-23)36-15-14-35-29/h1-20H. The molecule has 0 atom stereocenters. The summed E-state index contributed by atoms with van der Waals surface area (Å²) in [6, 6.07) is 32.7. The van der Waals surface area contributed by atoms with Crippen molar-refractivity contribution >= 4 is 43.9 Å². The van der Waals surface area contributed by atoms with Gasteiger partial charge in [-0.3, -0.25) is 19.9 Å². The Morgan fingerprint density at radius 2 is 1.05 bits per heavy atom. The summed E-state index contributed by atoms with van der Waals surface area (Å²) < 4.78 is 0. The smallest absolute Gasteiger partial charge is 0.0989 e. The minimum absolute atomic E-state index is 0.759. The van der Waals surface area contributed by atoms with Gasteiger partial charge in [0.25, 0.3) is 0 Å². The Kier molecular flexibility index (Phi) is 5.03. The Bertz CT molecular complexity index is 2240. The maximum Gasteiger partial charge on any atom is 0.0989 e. The zero-order valence-electron chi connectivity index (χ0n) is 21.2. The van der Waals surface area contributed by atoms with Crippen LogP contribution in [0.25, 0.3) is 77.5 Å². The van der Waals surface area contributed by atoms with Crippen LogP contribution in [0.4, 0.5) is 0 Å². The van der Waals surface area contributed by atoms with Crippen molar-refractivity contribution < 1.29 is 0 Å². The molecule has 4 heterocycles. The predicted molar refractivity (Wildman–Crippen MR) is 160 cm³/mol. The van der Waals surface area contributed by atoms with Crippen molar-refractivity contribution in [2.45, 2.75) is 0 Å². The van der Waals surface area contributed by atoms with E-state index in [1.807, 2.05) is 79.1 Å². The highest BCUT2D eigenvalue weighted by atomic mass is 14.8. The normalized spacial score (nSPS) is 11.5. The maximum atomic E-state index is 5.30. The van der Waals surface area contributed by atoms with Crippen LogP contribution in [-0.4, -0.2) is 29.9 Å². The summed E-state index contributed by atoms with van der Waals surface area (Å²) in [5, 5.41) is 2.13. The van der Waals surface area contributed by atoms with Crippen LogP contribution in [0.15, 0.2) is 122 Å². The van der Waals surface area contributed by atoms with Crippen molar-refractivity contribution in [2.75, 3.05) is 0 Å². The highest BCUT2D eigenvalue weighted by molar-refractivity contribution is 5.98. The molecule has 0 aliphatic rings. The first-order valence-electron chi connectivity index (χ1n) is 13.0. The van der Waals surface area contributed by atoms with Crippen molar-refractivity contribution in [2.24, 2.45) is 0 Å². The molecule has 6 nitrogen and oxygen atoms in total. The second-order valence-electron chi connectivity index (χ2n) is 9.69. The lowest BCUT2D eigenvalue weighted by Gasteiger charge is -2.14. The minimum atomic E-state index is 0.759. The van der Waals surface area contributed by atoms with Crippen molar-refractivity contribution in [3.05, 3.63) is 122 Å². The summed E-state index contributed by atoms with van der Waals surface area (Å²) in [6.07, 6.45) is 7.19. The fourth-order valence-corrected chi connectivity index (χ4v) is 5.24. The van der Waals surface area contributed by atoms with Crippen LogP contribution in [0.5, 0.6) is 0 Å². The van der Waals surface area contributed by atoms with Crippen LogP contribution < -0.4 is 0 Å². The van der Waals surface area contributed by atoms with E-state index >= 15 is 0 Å². The highest BCUT2D eigenvalue weighted by Crippen LogP contribution is 2.36. The second kappa shape index (κ2) is 8.99. The Hall–Kier alpha value is -5.62. The molecule has 0 fully saturated rings. The number of fused-ring (bicyclic) bond motifs is 4. The largest absolute Gasteiger partial charge is 0.256 e. The molecule has 0 bridgehead atoms. The quantitative estimate of drug-likeness (QED) is 0.242. The van der Waals surface area contributed by atoms with E-state index < -0.39 is 0 Å². The van der Waals surface area contributed by atoms with Gasteiger partial charge in [-0.15, -0.1) is 0 Å². The van der Waals surface area contributed by atoms with E-state index in [1.165, 1.54) is 0 Å². The van der Waals surface area contributed by atoms with Gasteiger partial charge < -0.3 is 0 Å². The molecule has 0 spiro atoms. The zero-order chi connectivity index (χ0) is 26.5. The van der Waals surface area contributed by atoms with Crippen LogP contribution in [-0.2, 0) is 0 Å². The third kappa shape index (κ3) is 3.74. The second-order valence-corrected chi connectivity index (χ2v) is 9.69. The van der Waals surface area contributed by atoms with E-state index in [0.29, 0.717) is 0 Å². The number of hydrogen-bond acceptors (Lipinski definition) is 6. The molecule has 4 aromatic carbocycles. The molecule has 6 heteroatoms. The van der Waals surface area contributed by atoms with Crippen molar-refractivity contribution in [1.29, 1.82) is 0 Å². The van der Waals surface area contributed by atoms with Gasteiger partial charge in [-0.2, -0.15) is 0 Å². The van der Waals surface area contributed by atoms with Gasteiger partial charge in [0, 0.05) is 57.8 Å². The van der Waals surface area contributed by atoms with Gasteiger partial charge in [0.1, 0.15) is 0 Å². The summed E-state index contributed by atoms with van der Waals surface area (Å²) >= 11 is 0. The topological polar surface area (TPSA) is 77.3 Å². The molecular formula is C34H20N6. The Balaban J connectivity index is 1.41. The molecule has 0 aliphatic heterocycles. The summed E-state index contributed by atoms with van der Waals surface area (Å²) in [5.41, 5.74) is 10.5. The molecule has 0 amide bonds. The number of nitrogens with zero attached hydrogens (tertiary/aromatic N) is 6. The molecule has 0 saturated carbocycles. The Morgan fingerprint density at radius 3 is 1.85 bits per heavy atom. The van der Waals surface area contributed by atoms with Gasteiger partial charge in [0.15, 0.2) is 0 Å². The van der Waals surface area contributed by atoms with Gasteiger partial charge in [0.05, 0.1) is 44.5 Å². The number of rotatable bonds is 3. The summed E-state index contributed by atoms with van der Waals surface area (Å²) in [5.74, 6) is 0. The van der Waals surface area contributed by atoms with E-state index in [9.17, 15) is 0 Å². The molecule has 8 rings (SSSR count). The number of pyridine rings is 2. The van der Waals surface area contributed by atoms with E-state index in [2.05, 4.69) is 40.3 Å². The molecule has 186 valence electrons. The maximum absolute atomic E-state index is 5.30. The molecule has 0 N–H and O–H groups in total. The van der Waals surface area contributed by atoms with E-state index in [0.717, 1.165) is 77.5 Å². The van der Waals surface area contributed by atoms with Gasteiger partial charge in [-0.25, -0.2) is 9.97 Å². The number of benzene rings is 4. The van der Waals surface area contributed by atoms with Crippen LogP contribution in [0.1, 0.15) is 0 Å². The van der Waals surface area contributed by atoms with Gasteiger partial charge in [-0.05, 0) is 42.5 Å². The average Bonchev–Trinajstić information content (AvgIpc) is 3.03. The lowest BCUT2D eigenvalue weighted by Crippen LogP contribution is -1.98. The summed E-state index contributed by atoms with van der Waals surface area (Å²) in [7, 11) is 0. The first-order chi connectivity index (χ1) is 19.8. The number of hydrogen-bond donors (Lipinski definition) is 0. The Morgan fingerprint density at radius 1 is 0.400 bits per heavy atom. The molecule has 8 aromatic rings. The van der Waals surface area contributed by atoms with Crippen LogP contribution in [0, 0.1) is 0 Å². The third-order valence-electron chi connectivity index (χ3n) is 7.20. The minimum Gasteiger partial charge on any atom is -0.256 e. The predicted octanol–water partition coefficient (Wildman–Crippen LogP) is 7.67. The fraction of sp³-hybridized carbons (Fsp3) is 0. The number of para-hydroxylation sites is 3. The van der Waals surface area contributed by atoms with Gasteiger partial charge in [-0.1, -0.05) is 54.6 Å². The van der Waals surface area contributed by atoms with Gasteiger partial charge >= 0.3 is 0 Å². The van der Waals surface area contributed by atoms with Crippen molar-refractivity contribution in [3.8, 4) is 33.6 Å². The summed E-state index contributed by atoms with van der Waals surface area (Å²) in [6.45, 7) is 0. The van der Waals surface area contributed by atoms with Crippen molar-refractivity contribution in [1.82, 2.24) is 29.9 Å². The number of aromatic nitrogens is 6. The first kappa shape index (κ1) is 22.4. The Labute approximate surface area is 229 Å². The SMILES string of the molecule is c1ccc2ncc(-c3nc4c(-c5cnc6ccccc6c5)cccc4nc3-c3ccc4nccnc4c3)cc2c1. The molecule has 0 aliphatic carbocycles. The average molecular weight is 513 g/mol. The molecule has 40 heavy (non-hydrogen) atoms. The van der Waals surface area contributed by atoms with E-state index in [-0.39, 0.29) is 0 Å². The van der Waals surface area contributed by atoms with E-state index in [4.69, 9.17) is 19.9 Å². The first-order valence-corrected chi connectivity index (χ1v) is 13.0. The van der Waals surface area contributed by atoms with Gasteiger partial charge in [0.2, 0.25) is 0 Å². The highest BCUT2D eigenvalue weighted by Gasteiger charge is 2.17. The van der Waals surface area contributed by atoms with Crippen molar-refractivity contribution in [3.63, 3.8) is 0 Å².